The van der Waals surface area contributed by atoms with E-state index in [9.17, 15) is 42.3 Å². The quantitative estimate of drug-likeness (QED) is 0.0499. The Kier molecular flexibility index (Phi) is 26.8. The van der Waals surface area contributed by atoms with Gasteiger partial charge in [0, 0.05) is 57.8 Å². The van der Waals surface area contributed by atoms with Gasteiger partial charge >= 0.3 is 18.3 Å². The maximum atomic E-state index is 14.0. The third-order valence-electron chi connectivity index (χ3n) is 13.9. The number of piperidine rings is 2. The number of carbonyl (C=O) groups excluding carboxylic acids is 7. The van der Waals surface area contributed by atoms with Crippen molar-refractivity contribution in [3.05, 3.63) is 130 Å². The normalized spacial score (nSPS) is 14.2. The lowest BCUT2D eigenvalue weighted by Gasteiger charge is -2.40. The molecule has 2 saturated heterocycles. The number of aliphatic hydroxyl groups excluding tert-OH is 1. The summed E-state index contributed by atoms with van der Waals surface area (Å²) in [6.45, 7) is 13.2. The number of ether oxygens (including phenoxy) is 3. The van der Waals surface area contributed by atoms with Crippen molar-refractivity contribution in [2.24, 2.45) is 16.6 Å². The first kappa shape index (κ1) is 66.9. The number of anilines is 2. The van der Waals surface area contributed by atoms with Crippen molar-refractivity contribution < 1.29 is 61.7 Å². The van der Waals surface area contributed by atoms with E-state index in [0.29, 0.717) is 59.6 Å². The van der Waals surface area contributed by atoms with Crippen LogP contribution in [0.2, 0.25) is 0 Å². The third kappa shape index (κ3) is 20.1. The minimum absolute atomic E-state index is 0. The van der Waals surface area contributed by atoms with Crippen molar-refractivity contribution in [3.63, 3.8) is 0 Å². The van der Waals surface area contributed by atoms with Gasteiger partial charge in [0.05, 0.1) is 17.4 Å². The number of likely N-dealkylation sites (tertiary alicyclic amines) is 2. The van der Waals surface area contributed by atoms with E-state index in [4.69, 9.17) is 25.1 Å². The minimum atomic E-state index is -1.11. The van der Waals surface area contributed by atoms with Crippen LogP contribution in [0.15, 0.2) is 84.9 Å². The number of nitrogens with two attached hydrogens (primary N) is 1. The average molecular weight is 1140 g/mol. The van der Waals surface area contributed by atoms with E-state index in [2.05, 4.69) is 26.6 Å². The lowest BCUT2D eigenvalue weighted by Crippen LogP contribution is -2.54. The molecule has 438 valence electrons. The lowest BCUT2D eigenvalue weighted by atomic mass is 9.78. The molecule has 0 unspecified atom stereocenters. The van der Waals surface area contributed by atoms with Crippen LogP contribution < -0.4 is 32.3 Å². The molecular weight excluding hydrogens is 1060 g/mol. The van der Waals surface area contributed by atoms with Crippen molar-refractivity contribution in [3.8, 4) is 0 Å². The molecule has 0 atom stereocenters. The number of amides is 7. The molecule has 0 saturated carbocycles. The second-order valence-electron chi connectivity index (χ2n) is 20.3. The van der Waals surface area contributed by atoms with Crippen LogP contribution in [0.5, 0.6) is 0 Å². The third-order valence-corrected chi connectivity index (χ3v) is 13.9. The van der Waals surface area contributed by atoms with Gasteiger partial charge in [0.1, 0.15) is 37.0 Å². The molecule has 2 fully saturated rings. The molecule has 8 N–H and O–H groups in total. The fourth-order valence-electron chi connectivity index (χ4n) is 8.72. The number of alkyl carbamates (subject to hydrolysis) is 1. The standard InChI is InChI=1S/C31H41FN4O6.C26H33FN4O4.CH4O.ClH/c1-6-22-10-12-24(13-11-22)35-29(40)41-20-31(27(38)33-18-23-8-7-9-25(32)21(23)2)14-16-36(17-15-31)26(37)19-34-28(39)42-30(3,4)5;1-3-19-7-9-21(10-8-19)30-25(34)35-17-26(11-13-31(14-12-26)23(32)15-28)24(33)29-16-20-5-4-6-22(27)18(20)2;1-2;/h7-13H,6,14-20H2,1-5H3,(H,33,38)(H,34,39)(H,35,40);4-10H,3,11-17,28H2,1-2H3,(H,29,33)(H,30,34);2H,1H3;1H. The largest absolute Gasteiger partial charge is 0.448 e. The van der Waals surface area contributed by atoms with Crippen LogP contribution in [0.1, 0.15) is 93.7 Å². The number of benzene rings is 4. The molecule has 4 aromatic rings. The summed E-state index contributed by atoms with van der Waals surface area (Å²) in [5.41, 5.74) is 8.29. The van der Waals surface area contributed by atoms with Crippen LogP contribution in [0, 0.1) is 36.3 Å². The molecule has 6 rings (SSSR count). The molecule has 0 radical (unpaired) electrons. The van der Waals surface area contributed by atoms with Crippen molar-refractivity contribution >= 4 is 65.7 Å². The molecule has 19 nitrogen and oxygen atoms in total. The van der Waals surface area contributed by atoms with E-state index in [1.807, 2.05) is 38.1 Å². The van der Waals surface area contributed by atoms with Crippen LogP contribution >= 0.6 is 12.4 Å². The summed E-state index contributed by atoms with van der Waals surface area (Å²) in [5.74, 6) is -1.88. The Morgan fingerprint density at radius 1 is 0.588 bits per heavy atom. The Balaban J connectivity index is 0.000000409. The monoisotopic (exact) mass is 1140 g/mol. The van der Waals surface area contributed by atoms with Gasteiger partial charge < -0.3 is 50.8 Å². The number of hydrogen-bond donors (Lipinski definition) is 7. The number of aliphatic hydroxyl groups is 1. The first-order valence-electron chi connectivity index (χ1n) is 26.4. The number of carbonyl (C=O) groups is 7. The van der Waals surface area contributed by atoms with Gasteiger partial charge in [0.25, 0.3) is 0 Å². The zero-order valence-corrected chi connectivity index (χ0v) is 47.9. The Bertz CT molecular complexity index is 2690. The second kappa shape index (κ2) is 32.0. The summed E-state index contributed by atoms with van der Waals surface area (Å²) in [6, 6.07) is 24.2. The molecule has 2 aliphatic rings. The van der Waals surface area contributed by atoms with Crippen LogP contribution in [-0.2, 0) is 59.3 Å². The minimum Gasteiger partial charge on any atom is -0.448 e. The van der Waals surface area contributed by atoms with Crippen LogP contribution in [0.25, 0.3) is 0 Å². The van der Waals surface area contributed by atoms with Gasteiger partial charge in [-0.25, -0.2) is 23.2 Å². The van der Waals surface area contributed by atoms with Crippen LogP contribution in [0.4, 0.5) is 34.5 Å². The summed E-state index contributed by atoms with van der Waals surface area (Å²) < 4.78 is 44.1. The van der Waals surface area contributed by atoms with E-state index in [0.717, 1.165) is 31.1 Å². The highest BCUT2D eigenvalue weighted by Crippen LogP contribution is 2.35. The smallest absolute Gasteiger partial charge is 0.411 e. The van der Waals surface area contributed by atoms with Gasteiger partial charge in [0.2, 0.25) is 23.6 Å². The molecule has 2 heterocycles. The maximum absolute atomic E-state index is 14.0. The van der Waals surface area contributed by atoms with Crippen molar-refractivity contribution in [2.75, 3.05) is 70.2 Å². The van der Waals surface area contributed by atoms with Crippen LogP contribution in [0.3, 0.4) is 0 Å². The van der Waals surface area contributed by atoms with Gasteiger partial charge in [-0.3, -0.25) is 29.8 Å². The number of nitrogens with zero attached hydrogens (tertiary/aromatic N) is 2. The zero-order chi connectivity index (χ0) is 58.3. The number of rotatable bonds is 17. The number of nitrogens with one attached hydrogen (secondary N) is 5. The maximum Gasteiger partial charge on any atom is 0.411 e. The highest BCUT2D eigenvalue weighted by atomic mass is 35.5. The predicted molar refractivity (Wildman–Crippen MR) is 303 cm³/mol. The zero-order valence-electron chi connectivity index (χ0n) is 47.1. The van der Waals surface area contributed by atoms with E-state index in [1.54, 1.807) is 92.9 Å². The summed E-state index contributed by atoms with van der Waals surface area (Å²) in [4.78, 5) is 91.9. The highest BCUT2D eigenvalue weighted by Gasteiger charge is 2.45. The molecule has 0 aliphatic carbocycles. The van der Waals surface area contributed by atoms with Gasteiger partial charge in [-0.15, -0.1) is 12.4 Å². The number of aryl methyl sites for hydroxylation is 2. The van der Waals surface area contributed by atoms with Gasteiger partial charge in [-0.1, -0.05) is 62.4 Å². The van der Waals surface area contributed by atoms with E-state index in [1.165, 1.54) is 12.1 Å². The Morgan fingerprint density at radius 2 is 0.963 bits per heavy atom. The molecule has 2 aliphatic heterocycles. The Morgan fingerprint density at radius 3 is 1.31 bits per heavy atom. The summed E-state index contributed by atoms with van der Waals surface area (Å²) in [6.07, 6.45) is 0.759. The Labute approximate surface area is 473 Å². The first-order valence-corrected chi connectivity index (χ1v) is 26.4. The van der Waals surface area contributed by atoms with Crippen molar-refractivity contribution in [2.45, 2.75) is 106 Å². The summed E-state index contributed by atoms with van der Waals surface area (Å²) in [7, 11) is 1.00. The Hall–Kier alpha value is -7.36. The topological polar surface area (TPSA) is 260 Å². The van der Waals surface area contributed by atoms with E-state index >= 15 is 0 Å². The van der Waals surface area contributed by atoms with Gasteiger partial charge in [-0.2, -0.15) is 0 Å². The molecule has 4 aromatic carbocycles. The van der Waals surface area contributed by atoms with E-state index < -0.39 is 34.7 Å². The molecule has 0 aromatic heterocycles. The van der Waals surface area contributed by atoms with Crippen molar-refractivity contribution in [1.82, 2.24) is 25.8 Å². The molecular formula is C58H79ClF2N8O11. The molecule has 0 spiro atoms. The summed E-state index contributed by atoms with van der Waals surface area (Å²) in [5, 5.41) is 20.6. The lowest BCUT2D eigenvalue weighted by molar-refractivity contribution is -0.142. The average Bonchev–Trinajstić information content (AvgIpc) is 3.44. The van der Waals surface area contributed by atoms with Crippen LogP contribution in [-0.4, -0.2) is 122 Å². The fraction of sp³-hybridized carbons (Fsp3) is 0.466. The number of hydrogen-bond acceptors (Lipinski definition) is 12. The molecule has 0 bridgehead atoms. The molecule has 7 amide bonds. The number of halogens is 3. The van der Waals surface area contributed by atoms with Gasteiger partial charge in [-0.05, 0) is 143 Å². The molecule has 80 heavy (non-hydrogen) atoms. The van der Waals surface area contributed by atoms with E-state index in [-0.39, 0.29) is 113 Å². The van der Waals surface area contributed by atoms with Crippen molar-refractivity contribution in [1.29, 1.82) is 0 Å². The first-order chi connectivity index (χ1) is 37.6. The molecule has 22 heteroatoms. The van der Waals surface area contributed by atoms with Gasteiger partial charge in [0.15, 0.2) is 0 Å². The SMILES string of the molecule is CCc1ccc(NC(=O)OCC2(C(=O)NCc3cccc(F)c3C)CCN(C(=O)CN)CC2)cc1.CCc1ccc(NC(=O)OCC2(C(=O)NCc3cccc(F)c3C)CCN(C(=O)CNC(=O)OC(C)(C)C)CC2)cc1.CO.Cl. The fourth-order valence-corrected chi connectivity index (χ4v) is 8.72. The second-order valence-corrected chi connectivity index (χ2v) is 20.3. The highest BCUT2D eigenvalue weighted by molar-refractivity contribution is 5.88. The predicted octanol–water partition coefficient (Wildman–Crippen LogP) is 7.85. The summed E-state index contributed by atoms with van der Waals surface area (Å²) >= 11 is 0.